The van der Waals surface area contributed by atoms with Gasteiger partial charge < -0.3 is 19.7 Å². The van der Waals surface area contributed by atoms with E-state index in [1.165, 1.54) is 25.3 Å². The number of rotatable bonds is 10. The predicted octanol–water partition coefficient (Wildman–Crippen LogP) is 5.39. The maximum atomic E-state index is 13.7. The van der Waals surface area contributed by atoms with Gasteiger partial charge in [-0.05, 0) is 72.1 Å². The van der Waals surface area contributed by atoms with Crippen LogP contribution in [0.15, 0.2) is 95.9 Å². The third-order valence-electron chi connectivity index (χ3n) is 7.13. The standard InChI is InChI=1S/C32H30ClN3O6S/c1-41-26-12-9-24(10-13-26)32(38)36-17-16-23-8-11-25(18-29(23)36)34-31(37)21-35(20-22-6-4-3-5-7-22)43(39,40)27-14-15-30(42-2)28(33)19-27/h3-15,18-19H,16-17,20-21H2,1-2H3,(H,34,37). The Morgan fingerprint density at radius 2 is 1.67 bits per heavy atom. The van der Waals surface area contributed by atoms with E-state index < -0.39 is 22.5 Å². The minimum atomic E-state index is -4.13. The molecular weight excluding hydrogens is 590 g/mol. The van der Waals surface area contributed by atoms with Crippen LogP contribution in [0.25, 0.3) is 0 Å². The van der Waals surface area contributed by atoms with Crippen molar-refractivity contribution >= 4 is 44.8 Å². The number of benzene rings is 4. The Bertz CT molecular complexity index is 1750. The summed E-state index contributed by atoms with van der Waals surface area (Å²) in [5, 5.41) is 2.95. The summed E-state index contributed by atoms with van der Waals surface area (Å²) in [5.41, 5.74) is 3.35. The van der Waals surface area contributed by atoms with Crippen LogP contribution in [-0.4, -0.2) is 51.8 Å². The molecule has 0 bridgehead atoms. The Balaban J connectivity index is 1.36. The first kappa shape index (κ1) is 30.1. The van der Waals surface area contributed by atoms with Crippen LogP contribution in [0, 0.1) is 0 Å². The number of hydrogen-bond donors (Lipinski definition) is 1. The monoisotopic (exact) mass is 619 g/mol. The van der Waals surface area contributed by atoms with Crippen LogP contribution < -0.4 is 19.7 Å². The van der Waals surface area contributed by atoms with Gasteiger partial charge in [0.25, 0.3) is 5.91 Å². The molecule has 11 heteroatoms. The number of methoxy groups -OCH3 is 2. The third-order valence-corrected chi connectivity index (χ3v) is 9.21. The number of fused-ring (bicyclic) bond motifs is 1. The van der Waals surface area contributed by atoms with Gasteiger partial charge in [-0.1, -0.05) is 48.0 Å². The zero-order valence-electron chi connectivity index (χ0n) is 23.6. The van der Waals surface area contributed by atoms with Gasteiger partial charge in [0.05, 0.1) is 30.7 Å². The molecule has 2 amide bonds. The second-order valence-corrected chi connectivity index (χ2v) is 12.2. The summed E-state index contributed by atoms with van der Waals surface area (Å²) >= 11 is 6.23. The Kier molecular flexibility index (Phi) is 9.00. The van der Waals surface area contributed by atoms with Crippen molar-refractivity contribution in [2.45, 2.75) is 17.9 Å². The summed E-state index contributed by atoms with van der Waals surface area (Å²) in [6.07, 6.45) is 0.680. The number of hydrogen-bond acceptors (Lipinski definition) is 6. The fraction of sp³-hybridized carbons (Fsp3) is 0.188. The molecule has 0 aromatic heterocycles. The maximum absolute atomic E-state index is 13.7. The van der Waals surface area contributed by atoms with Gasteiger partial charge >= 0.3 is 0 Å². The molecule has 5 rings (SSSR count). The Morgan fingerprint density at radius 1 is 0.930 bits per heavy atom. The highest BCUT2D eigenvalue weighted by Gasteiger charge is 2.29. The van der Waals surface area contributed by atoms with Crippen molar-refractivity contribution in [1.82, 2.24) is 4.31 Å². The SMILES string of the molecule is COc1ccc(C(=O)N2CCc3ccc(NC(=O)CN(Cc4ccccc4)S(=O)(=O)c4ccc(OC)c(Cl)c4)cc32)cc1. The van der Waals surface area contributed by atoms with Crippen LogP contribution in [0.4, 0.5) is 11.4 Å². The molecule has 0 saturated carbocycles. The molecule has 0 saturated heterocycles. The number of sulfonamides is 1. The molecule has 0 fully saturated rings. The lowest BCUT2D eigenvalue weighted by Crippen LogP contribution is -2.37. The quantitative estimate of drug-likeness (QED) is 0.255. The van der Waals surface area contributed by atoms with Crippen molar-refractivity contribution in [3.63, 3.8) is 0 Å². The topological polar surface area (TPSA) is 105 Å². The Labute approximate surface area is 255 Å². The number of anilines is 2. The summed E-state index contributed by atoms with van der Waals surface area (Å²) in [6.45, 7) is 0.0200. The van der Waals surface area contributed by atoms with E-state index in [9.17, 15) is 18.0 Å². The van der Waals surface area contributed by atoms with E-state index in [4.69, 9.17) is 21.1 Å². The normalized spacial score (nSPS) is 12.6. The lowest BCUT2D eigenvalue weighted by Gasteiger charge is -2.23. The molecule has 1 aliphatic rings. The number of carbonyl (C=O) groups is 2. The summed E-state index contributed by atoms with van der Waals surface area (Å²) in [6, 6.07) is 25.4. The van der Waals surface area contributed by atoms with Crippen LogP contribution in [0.5, 0.6) is 11.5 Å². The highest BCUT2D eigenvalue weighted by Crippen LogP contribution is 2.33. The van der Waals surface area contributed by atoms with Crippen molar-refractivity contribution in [3.05, 3.63) is 113 Å². The predicted molar refractivity (Wildman–Crippen MR) is 165 cm³/mol. The molecule has 222 valence electrons. The van der Waals surface area contributed by atoms with Crippen molar-refractivity contribution in [2.24, 2.45) is 0 Å². The number of halogens is 1. The molecule has 43 heavy (non-hydrogen) atoms. The summed E-state index contributed by atoms with van der Waals surface area (Å²) in [5.74, 6) is 0.291. The summed E-state index contributed by atoms with van der Waals surface area (Å²) in [7, 11) is -1.13. The number of carbonyl (C=O) groups excluding carboxylic acids is 2. The van der Waals surface area contributed by atoms with Crippen LogP contribution in [0.3, 0.4) is 0 Å². The number of nitrogens with zero attached hydrogens (tertiary/aromatic N) is 2. The van der Waals surface area contributed by atoms with Crippen LogP contribution >= 0.6 is 11.6 Å². The van der Waals surface area contributed by atoms with Gasteiger partial charge in [0.1, 0.15) is 11.5 Å². The molecule has 0 unspecified atom stereocenters. The van der Waals surface area contributed by atoms with Gasteiger partial charge in [0.2, 0.25) is 15.9 Å². The van der Waals surface area contributed by atoms with Gasteiger partial charge in [-0.2, -0.15) is 4.31 Å². The average Bonchev–Trinajstić information content (AvgIpc) is 3.44. The number of nitrogens with one attached hydrogen (secondary N) is 1. The zero-order valence-corrected chi connectivity index (χ0v) is 25.2. The zero-order chi connectivity index (χ0) is 30.6. The average molecular weight is 620 g/mol. The fourth-order valence-corrected chi connectivity index (χ4v) is 6.62. The molecular formula is C32H30ClN3O6S. The largest absolute Gasteiger partial charge is 0.497 e. The van der Waals surface area contributed by atoms with Crippen LogP contribution in [0.1, 0.15) is 21.5 Å². The third kappa shape index (κ3) is 6.67. The molecule has 1 aliphatic heterocycles. The number of ether oxygens (including phenoxy) is 2. The van der Waals surface area contributed by atoms with Crippen molar-refractivity contribution in [1.29, 1.82) is 0 Å². The van der Waals surface area contributed by atoms with Crippen molar-refractivity contribution < 1.29 is 27.5 Å². The van der Waals surface area contributed by atoms with Gasteiger partial charge in [0.15, 0.2) is 0 Å². The second-order valence-electron chi connectivity index (χ2n) is 9.88. The summed E-state index contributed by atoms with van der Waals surface area (Å²) < 4.78 is 38.9. The van der Waals surface area contributed by atoms with Crippen LogP contribution in [-0.2, 0) is 27.8 Å². The van der Waals surface area contributed by atoms with Crippen LogP contribution in [0.2, 0.25) is 5.02 Å². The van der Waals surface area contributed by atoms with Gasteiger partial charge in [-0.25, -0.2) is 8.42 Å². The van der Waals surface area contributed by atoms with E-state index in [2.05, 4.69) is 5.32 Å². The lowest BCUT2D eigenvalue weighted by molar-refractivity contribution is -0.116. The Hall–Kier alpha value is -4.38. The maximum Gasteiger partial charge on any atom is 0.258 e. The van der Waals surface area contributed by atoms with E-state index in [1.807, 2.05) is 12.1 Å². The van der Waals surface area contributed by atoms with Gasteiger partial charge in [-0.15, -0.1) is 0 Å². The molecule has 4 aromatic carbocycles. The van der Waals surface area contributed by atoms with E-state index >= 15 is 0 Å². The van der Waals surface area contributed by atoms with E-state index in [0.29, 0.717) is 47.0 Å². The second kappa shape index (κ2) is 12.9. The molecule has 0 radical (unpaired) electrons. The smallest absolute Gasteiger partial charge is 0.258 e. The van der Waals surface area contributed by atoms with E-state index in [-0.39, 0.29) is 22.4 Å². The molecule has 1 N–H and O–H groups in total. The van der Waals surface area contributed by atoms with E-state index in [0.717, 1.165) is 9.87 Å². The van der Waals surface area contributed by atoms with Gasteiger partial charge in [-0.3, -0.25) is 9.59 Å². The molecule has 0 aliphatic carbocycles. The molecule has 4 aromatic rings. The molecule has 0 spiro atoms. The van der Waals surface area contributed by atoms with Crippen molar-refractivity contribution in [2.75, 3.05) is 37.5 Å². The fourth-order valence-electron chi connectivity index (χ4n) is 4.89. The molecule has 1 heterocycles. The first-order valence-corrected chi connectivity index (χ1v) is 15.3. The molecule has 0 atom stereocenters. The first-order chi connectivity index (χ1) is 20.7. The minimum absolute atomic E-state index is 0.0332. The highest BCUT2D eigenvalue weighted by atomic mass is 35.5. The molecule has 9 nitrogen and oxygen atoms in total. The summed E-state index contributed by atoms with van der Waals surface area (Å²) in [4.78, 5) is 28.2. The van der Waals surface area contributed by atoms with E-state index in [1.54, 1.807) is 72.7 Å². The Morgan fingerprint density at radius 3 is 2.35 bits per heavy atom. The minimum Gasteiger partial charge on any atom is -0.497 e. The number of amides is 2. The first-order valence-electron chi connectivity index (χ1n) is 13.5. The lowest BCUT2D eigenvalue weighted by atomic mass is 10.1. The van der Waals surface area contributed by atoms with Gasteiger partial charge in [0, 0.05) is 30.0 Å². The highest BCUT2D eigenvalue weighted by molar-refractivity contribution is 7.89. The van der Waals surface area contributed by atoms with Crippen molar-refractivity contribution in [3.8, 4) is 11.5 Å².